The lowest BCUT2D eigenvalue weighted by molar-refractivity contribution is 0.0601. The minimum absolute atomic E-state index is 0.322. The Hall–Kier alpha value is -1.68. The summed E-state index contributed by atoms with van der Waals surface area (Å²) in [4.78, 5) is 15.5. The molecule has 3 nitrogen and oxygen atoms in total. The molecular formula is C13H13NO2S. The molecule has 4 heteroatoms. The van der Waals surface area contributed by atoms with Crippen molar-refractivity contribution in [1.29, 1.82) is 0 Å². The second kappa shape index (κ2) is 5.10. The summed E-state index contributed by atoms with van der Waals surface area (Å²) in [5.74, 6) is -0.322. The predicted octanol–water partition coefficient (Wildman–Crippen LogP) is 3.26. The smallest absolute Gasteiger partial charge is 0.339 e. The molecule has 0 aliphatic carbocycles. The maximum Gasteiger partial charge on any atom is 0.339 e. The van der Waals surface area contributed by atoms with Crippen molar-refractivity contribution in [3.05, 3.63) is 47.7 Å². The van der Waals surface area contributed by atoms with Crippen LogP contribution in [0.5, 0.6) is 0 Å². The zero-order valence-corrected chi connectivity index (χ0v) is 10.5. The molecule has 0 aliphatic heterocycles. The van der Waals surface area contributed by atoms with Crippen LogP contribution in [0.2, 0.25) is 0 Å². The fraction of sp³-hybridized carbons (Fsp3) is 0.154. The van der Waals surface area contributed by atoms with E-state index in [1.165, 1.54) is 12.7 Å². The number of H-pyrrole nitrogens is 1. The van der Waals surface area contributed by atoms with Gasteiger partial charge in [-0.3, -0.25) is 0 Å². The molecule has 1 aromatic carbocycles. The number of aromatic nitrogens is 1. The second-order valence-electron chi connectivity index (χ2n) is 3.66. The maximum absolute atomic E-state index is 11.3. The summed E-state index contributed by atoms with van der Waals surface area (Å²) in [5.41, 5.74) is 1.76. The number of rotatable bonds is 3. The zero-order chi connectivity index (χ0) is 12.3. The number of aromatic amines is 1. The number of methoxy groups -OCH3 is 1. The third-order valence-corrected chi connectivity index (χ3v) is 3.24. The van der Waals surface area contributed by atoms with Crippen LogP contribution in [0.3, 0.4) is 0 Å². The number of nitrogens with one attached hydrogen (secondary N) is 1. The zero-order valence-electron chi connectivity index (χ0n) is 9.69. The highest BCUT2D eigenvalue weighted by atomic mass is 32.2. The van der Waals surface area contributed by atoms with Gasteiger partial charge in [-0.1, -0.05) is 29.5 Å². The standard InChI is InChI=1S/C13H13NO2S/c1-9-4-3-5-11(6-9)17-12-7-10(8-14-12)13(15)16-2/h3-8,14H,1-2H3. The molecule has 2 aromatic rings. The van der Waals surface area contributed by atoms with E-state index < -0.39 is 0 Å². The second-order valence-corrected chi connectivity index (χ2v) is 4.78. The van der Waals surface area contributed by atoms with Gasteiger partial charge in [-0.15, -0.1) is 0 Å². The Bertz CT molecular complexity index is 534. The van der Waals surface area contributed by atoms with Gasteiger partial charge in [0.25, 0.3) is 0 Å². The quantitative estimate of drug-likeness (QED) is 0.846. The molecule has 1 N–H and O–H groups in total. The van der Waals surface area contributed by atoms with Crippen LogP contribution in [0, 0.1) is 6.92 Å². The van der Waals surface area contributed by atoms with Crippen molar-refractivity contribution in [3.8, 4) is 0 Å². The van der Waals surface area contributed by atoms with Crippen molar-refractivity contribution in [2.75, 3.05) is 7.11 Å². The fourth-order valence-corrected chi connectivity index (χ4v) is 2.42. The van der Waals surface area contributed by atoms with Gasteiger partial charge in [0.05, 0.1) is 17.7 Å². The van der Waals surface area contributed by atoms with Crippen LogP contribution in [0.15, 0.2) is 46.5 Å². The number of ether oxygens (including phenoxy) is 1. The lowest BCUT2D eigenvalue weighted by Gasteiger charge is -1.99. The summed E-state index contributed by atoms with van der Waals surface area (Å²) in [6.07, 6.45) is 1.66. The number of esters is 1. The maximum atomic E-state index is 11.3. The highest BCUT2D eigenvalue weighted by Crippen LogP contribution is 2.27. The van der Waals surface area contributed by atoms with E-state index in [1.54, 1.807) is 24.0 Å². The van der Waals surface area contributed by atoms with Gasteiger partial charge in [0.2, 0.25) is 0 Å². The highest BCUT2D eigenvalue weighted by molar-refractivity contribution is 7.99. The van der Waals surface area contributed by atoms with Crippen LogP contribution in [0.1, 0.15) is 15.9 Å². The first-order chi connectivity index (χ1) is 8.19. The van der Waals surface area contributed by atoms with Crippen molar-refractivity contribution < 1.29 is 9.53 Å². The molecule has 0 aliphatic rings. The van der Waals surface area contributed by atoms with E-state index in [9.17, 15) is 4.79 Å². The van der Waals surface area contributed by atoms with Gasteiger partial charge in [0.15, 0.2) is 0 Å². The summed E-state index contributed by atoms with van der Waals surface area (Å²) in [6, 6.07) is 10.00. The Morgan fingerprint density at radius 3 is 2.88 bits per heavy atom. The molecule has 0 unspecified atom stereocenters. The molecule has 0 bridgehead atoms. The first-order valence-corrected chi connectivity index (χ1v) is 6.02. The molecule has 0 spiro atoms. The van der Waals surface area contributed by atoms with Crippen molar-refractivity contribution in [2.24, 2.45) is 0 Å². The molecular weight excluding hydrogens is 234 g/mol. The normalized spacial score (nSPS) is 10.2. The molecule has 0 atom stereocenters. The van der Waals surface area contributed by atoms with Gasteiger partial charge in [0.1, 0.15) is 0 Å². The number of hydrogen-bond acceptors (Lipinski definition) is 3. The Labute approximate surface area is 104 Å². The third-order valence-electron chi connectivity index (χ3n) is 2.29. The van der Waals surface area contributed by atoms with Gasteiger partial charge in [0, 0.05) is 11.1 Å². The minimum atomic E-state index is -0.322. The monoisotopic (exact) mass is 247 g/mol. The molecule has 88 valence electrons. The van der Waals surface area contributed by atoms with Crippen LogP contribution in [-0.2, 0) is 4.74 Å². The Kier molecular flexibility index (Phi) is 3.54. The SMILES string of the molecule is COC(=O)c1c[nH]c(Sc2cccc(C)c2)c1. The van der Waals surface area contributed by atoms with Gasteiger partial charge in [-0.2, -0.15) is 0 Å². The first-order valence-electron chi connectivity index (χ1n) is 5.20. The topological polar surface area (TPSA) is 42.1 Å². The van der Waals surface area contributed by atoms with Crippen molar-refractivity contribution in [3.63, 3.8) is 0 Å². The van der Waals surface area contributed by atoms with E-state index in [0.717, 1.165) is 9.92 Å². The molecule has 2 rings (SSSR count). The molecule has 17 heavy (non-hydrogen) atoms. The van der Waals surface area contributed by atoms with Crippen LogP contribution in [-0.4, -0.2) is 18.1 Å². The summed E-state index contributed by atoms with van der Waals surface area (Å²) in [7, 11) is 1.38. The molecule has 0 fully saturated rings. The average Bonchev–Trinajstić information content (AvgIpc) is 2.76. The first kappa shape index (κ1) is 11.8. The van der Waals surface area contributed by atoms with Gasteiger partial charge in [-0.25, -0.2) is 4.79 Å². The van der Waals surface area contributed by atoms with E-state index in [-0.39, 0.29) is 5.97 Å². The van der Waals surface area contributed by atoms with Gasteiger partial charge < -0.3 is 9.72 Å². The molecule has 0 amide bonds. The summed E-state index contributed by atoms with van der Waals surface area (Å²) in [6.45, 7) is 2.05. The average molecular weight is 247 g/mol. The number of benzene rings is 1. The lowest BCUT2D eigenvalue weighted by Crippen LogP contribution is -1.98. The summed E-state index contributed by atoms with van der Waals surface area (Å²) >= 11 is 1.59. The molecule has 0 saturated carbocycles. The van der Waals surface area contributed by atoms with Crippen molar-refractivity contribution >= 4 is 17.7 Å². The van der Waals surface area contributed by atoms with Gasteiger partial charge >= 0.3 is 5.97 Å². The highest BCUT2D eigenvalue weighted by Gasteiger charge is 2.08. The summed E-state index contributed by atoms with van der Waals surface area (Å²) in [5, 5.41) is 0.927. The van der Waals surface area contributed by atoms with E-state index in [2.05, 4.69) is 28.8 Å². The van der Waals surface area contributed by atoms with Crippen molar-refractivity contribution in [1.82, 2.24) is 4.98 Å². The molecule has 0 saturated heterocycles. The Morgan fingerprint density at radius 1 is 1.35 bits per heavy atom. The number of carbonyl (C=O) groups excluding carboxylic acids is 1. The van der Waals surface area contributed by atoms with E-state index in [0.29, 0.717) is 5.56 Å². The Morgan fingerprint density at radius 2 is 2.18 bits per heavy atom. The lowest BCUT2D eigenvalue weighted by atomic mass is 10.2. The molecule has 1 heterocycles. The predicted molar refractivity (Wildman–Crippen MR) is 67.4 cm³/mol. The van der Waals surface area contributed by atoms with Crippen LogP contribution in [0.4, 0.5) is 0 Å². The number of carbonyl (C=O) groups is 1. The van der Waals surface area contributed by atoms with Crippen LogP contribution in [0.25, 0.3) is 0 Å². The number of hydrogen-bond donors (Lipinski definition) is 1. The van der Waals surface area contributed by atoms with E-state index >= 15 is 0 Å². The van der Waals surface area contributed by atoms with Crippen LogP contribution >= 0.6 is 11.8 Å². The summed E-state index contributed by atoms with van der Waals surface area (Å²) < 4.78 is 4.65. The van der Waals surface area contributed by atoms with E-state index in [1.807, 2.05) is 12.1 Å². The van der Waals surface area contributed by atoms with Crippen molar-refractivity contribution in [2.45, 2.75) is 16.8 Å². The van der Waals surface area contributed by atoms with E-state index in [4.69, 9.17) is 0 Å². The molecule has 1 aromatic heterocycles. The number of aryl methyl sites for hydroxylation is 1. The fourth-order valence-electron chi connectivity index (χ4n) is 1.47. The molecule has 0 radical (unpaired) electrons. The third kappa shape index (κ3) is 2.91. The minimum Gasteiger partial charge on any atom is -0.465 e. The van der Waals surface area contributed by atoms with Gasteiger partial charge in [-0.05, 0) is 25.1 Å². The Balaban J connectivity index is 2.14. The largest absolute Gasteiger partial charge is 0.465 e. The van der Waals surface area contributed by atoms with Crippen LogP contribution < -0.4 is 0 Å².